The molecule has 1 aromatic carbocycles. The molecule has 1 N–H and O–H groups in total. The summed E-state index contributed by atoms with van der Waals surface area (Å²) in [6.45, 7) is 11.8. The largest absolute Gasteiger partial charge is 0.384 e. The van der Waals surface area contributed by atoms with Gasteiger partial charge in [0.2, 0.25) is 0 Å². The Bertz CT molecular complexity index is 611. The summed E-state index contributed by atoms with van der Waals surface area (Å²) in [7, 11) is 1.76. The van der Waals surface area contributed by atoms with Gasteiger partial charge in [0, 0.05) is 51.3 Å². The lowest BCUT2D eigenvalue weighted by atomic mass is 10.1. The summed E-state index contributed by atoms with van der Waals surface area (Å²) in [6, 6.07) is 7.81. The van der Waals surface area contributed by atoms with Crippen molar-refractivity contribution < 1.29 is 9.53 Å². The van der Waals surface area contributed by atoms with E-state index in [-0.39, 0.29) is 5.91 Å². The van der Waals surface area contributed by atoms with Crippen LogP contribution in [0, 0.1) is 5.92 Å². The molecule has 1 aliphatic heterocycles. The number of ether oxygens (including phenoxy) is 1. The Kier molecular flexibility index (Phi) is 8.58. The topological polar surface area (TPSA) is 57.2 Å². The molecule has 0 spiro atoms. The summed E-state index contributed by atoms with van der Waals surface area (Å²) in [5.41, 5.74) is 1.84. The third-order valence-corrected chi connectivity index (χ3v) is 4.99. The van der Waals surface area contributed by atoms with E-state index in [1.54, 1.807) is 7.11 Å². The summed E-state index contributed by atoms with van der Waals surface area (Å²) >= 11 is 0. The second-order valence-electron chi connectivity index (χ2n) is 6.90. The molecule has 1 fully saturated rings. The highest BCUT2D eigenvalue weighted by Gasteiger charge is 2.24. The van der Waals surface area contributed by atoms with Crippen LogP contribution in [0.5, 0.6) is 0 Å². The molecular formula is C21H34N4O2. The molecule has 0 bridgehead atoms. The van der Waals surface area contributed by atoms with Crippen molar-refractivity contribution in [2.75, 3.05) is 46.4 Å². The van der Waals surface area contributed by atoms with Crippen LogP contribution in [0.1, 0.15) is 43.1 Å². The van der Waals surface area contributed by atoms with E-state index in [1.807, 2.05) is 43.0 Å². The summed E-state index contributed by atoms with van der Waals surface area (Å²) in [5.74, 6) is 1.62. The quantitative estimate of drug-likeness (QED) is 0.561. The highest BCUT2D eigenvalue weighted by atomic mass is 16.5. The van der Waals surface area contributed by atoms with E-state index in [9.17, 15) is 4.79 Å². The van der Waals surface area contributed by atoms with E-state index in [4.69, 9.17) is 9.73 Å². The fourth-order valence-electron chi connectivity index (χ4n) is 3.43. The molecule has 6 nitrogen and oxygen atoms in total. The first-order valence-electron chi connectivity index (χ1n) is 10.0. The van der Waals surface area contributed by atoms with Gasteiger partial charge in [0.05, 0.1) is 13.2 Å². The molecule has 1 amide bonds. The second kappa shape index (κ2) is 10.9. The van der Waals surface area contributed by atoms with Crippen LogP contribution in [0.25, 0.3) is 0 Å². The first-order valence-corrected chi connectivity index (χ1v) is 10.0. The average Bonchev–Trinajstić information content (AvgIpc) is 3.15. The lowest BCUT2D eigenvalue weighted by molar-refractivity contribution is 0.0773. The van der Waals surface area contributed by atoms with Gasteiger partial charge in [0.1, 0.15) is 0 Å². The fraction of sp³-hybridized carbons (Fsp3) is 0.619. The molecule has 150 valence electrons. The summed E-state index contributed by atoms with van der Waals surface area (Å²) in [5, 5.41) is 3.39. The monoisotopic (exact) mass is 374 g/mol. The van der Waals surface area contributed by atoms with Gasteiger partial charge in [-0.25, -0.2) is 4.99 Å². The smallest absolute Gasteiger partial charge is 0.253 e. The van der Waals surface area contributed by atoms with Gasteiger partial charge in [-0.2, -0.15) is 0 Å². The molecule has 27 heavy (non-hydrogen) atoms. The molecule has 1 aromatic rings. The third-order valence-electron chi connectivity index (χ3n) is 4.99. The predicted octanol–water partition coefficient (Wildman–Crippen LogP) is 2.60. The van der Waals surface area contributed by atoms with E-state index >= 15 is 0 Å². The van der Waals surface area contributed by atoms with E-state index in [2.05, 4.69) is 17.1 Å². The zero-order valence-electron chi connectivity index (χ0n) is 17.2. The minimum absolute atomic E-state index is 0.0876. The summed E-state index contributed by atoms with van der Waals surface area (Å²) in [4.78, 5) is 21.3. The predicted molar refractivity (Wildman–Crippen MR) is 110 cm³/mol. The van der Waals surface area contributed by atoms with Gasteiger partial charge in [-0.05, 0) is 44.9 Å². The van der Waals surface area contributed by atoms with Crippen LogP contribution in [0.2, 0.25) is 0 Å². The highest BCUT2D eigenvalue weighted by molar-refractivity contribution is 5.94. The van der Waals surface area contributed by atoms with Crippen LogP contribution in [-0.2, 0) is 11.3 Å². The van der Waals surface area contributed by atoms with Crippen LogP contribution in [0.4, 0.5) is 0 Å². The Morgan fingerprint density at radius 1 is 1.26 bits per heavy atom. The molecule has 1 aliphatic rings. The lowest BCUT2D eigenvalue weighted by Gasteiger charge is -2.21. The van der Waals surface area contributed by atoms with Gasteiger partial charge in [-0.1, -0.05) is 12.1 Å². The van der Waals surface area contributed by atoms with Crippen LogP contribution in [-0.4, -0.2) is 68.1 Å². The Balaban J connectivity index is 2.00. The first-order chi connectivity index (χ1) is 13.1. The van der Waals surface area contributed by atoms with Crippen molar-refractivity contribution in [1.82, 2.24) is 15.1 Å². The van der Waals surface area contributed by atoms with Crippen molar-refractivity contribution in [3.05, 3.63) is 35.4 Å². The summed E-state index contributed by atoms with van der Waals surface area (Å²) in [6.07, 6.45) is 1.14. The number of carbonyl (C=O) groups excluding carboxylic acids is 1. The Labute approximate surface area is 163 Å². The van der Waals surface area contributed by atoms with Crippen molar-refractivity contribution in [2.24, 2.45) is 10.9 Å². The van der Waals surface area contributed by atoms with Crippen molar-refractivity contribution in [3.63, 3.8) is 0 Å². The standard InChI is InChI=1S/C21H34N4O2/c1-5-22-21(25-13-12-18(15-25)16-27-4)23-14-17-8-10-19(11-9-17)20(26)24(6-2)7-3/h8-11,18H,5-7,12-16H2,1-4H3,(H,22,23). The molecule has 0 saturated carbocycles. The third kappa shape index (κ3) is 5.96. The molecule has 1 saturated heterocycles. The molecule has 1 atom stereocenters. The van der Waals surface area contributed by atoms with Crippen molar-refractivity contribution in [1.29, 1.82) is 0 Å². The number of hydrogen-bond acceptors (Lipinski definition) is 3. The van der Waals surface area contributed by atoms with E-state index in [0.29, 0.717) is 12.5 Å². The van der Waals surface area contributed by atoms with Crippen molar-refractivity contribution in [3.8, 4) is 0 Å². The Morgan fingerprint density at radius 3 is 2.56 bits per heavy atom. The first kappa shape index (κ1) is 21.2. The minimum Gasteiger partial charge on any atom is -0.384 e. The Hall–Kier alpha value is -2.08. The molecule has 0 radical (unpaired) electrons. The van der Waals surface area contributed by atoms with Crippen molar-refractivity contribution in [2.45, 2.75) is 33.7 Å². The van der Waals surface area contributed by atoms with E-state index in [0.717, 1.165) is 62.8 Å². The van der Waals surface area contributed by atoms with Gasteiger partial charge < -0.3 is 19.9 Å². The number of guanidine groups is 1. The number of aliphatic imine (C=N–C) groups is 1. The molecular weight excluding hydrogens is 340 g/mol. The van der Waals surface area contributed by atoms with Gasteiger partial charge in [0.25, 0.3) is 5.91 Å². The molecule has 6 heteroatoms. The molecule has 1 unspecified atom stereocenters. The highest BCUT2D eigenvalue weighted by Crippen LogP contribution is 2.17. The maximum atomic E-state index is 12.4. The minimum atomic E-state index is 0.0876. The van der Waals surface area contributed by atoms with Crippen LogP contribution >= 0.6 is 0 Å². The zero-order chi connectivity index (χ0) is 19.6. The fourth-order valence-corrected chi connectivity index (χ4v) is 3.43. The Morgan fingerprint density at radius 2 is 1.96 bits per heavy atom. The number of hydrogen-bond donors (Lipinski definition) is 1. The van der Waals surface area contributed by atoms with Gasteiger partial charge >= 0.3 is 0 Å². The van der Waals surface area contributed by atoms with Crippen molar-refractivity contribution >= 4 is 11.9 Å². The normalized spacial score (nSPS) is 17.3. The number of benzene rings is 1. The number of methoxy groups -OCH3 is 1. The maximum absolute atomic E-state index is 12.4. The number of nitrogens with zero attached hydrogens (tertiary/aromatic N) is 3. The maximum Gasteiger partial charge on any atom is 0.253 e. The number of nitrogens with one attached hydrogen (secondary N) is 1. The number of likely N-dealkylation sites (tertiary alicyclic amines) is 1. The summed E-state index contributed by atoms with van der Waals surface area (Å²) < 4.78 is 5.29. The number of carbonyl (C=O) groups is 1. The number of amides is 1. The second-order valence-corrected chi connectivity index (χ2v) is 6.90. The van der Waals surface area contributed by atoms with Gasteiger partial charge in [0.15, 0.2) is 5.96 Å². The van der Waals surface area contributed by atoms with Gasteiger partial charge in [-0.15, -0.1) is 0 Å². The van der Waals surface area contributed by atoms with Gasteiger partial charge in [-0.3, -0.25) is 4.79 Å². The zero-order valence-corrected chi connectivity index (χ0v) is 17.2. The molecule has 0 aliphatic carbocycles. The molecule has 2 rings (SSSR count). The van der Waals surface area contributed by atoms with E-state index < -0.39 is 0 Å². The van der Waals surface area contributed by atoms with E-state index in [1.165, 1.54) is 0 Å². The average molecular weight is 375 g/mol. The van der Waals surface area contributed by atoms with Crippen LogP contribution in [0.15, 0.2) is 29.3 Å². The van der Waals surface area contributed by atoms with Crippen LogP contribution in [0.3, 0.4) is 0 Å². The molecule has 0 aromatic heterocycles. The SMILES string of the molecule is CCNC(=NCc1ccc(C(=O)N(CC)CC)cc1)N1CCC(COC)C1. The lowest BCUT2D eigenvalue weighted by Crippen LogP contribution is -2.40. The molecule has 1 heterocycles. The number of rotatable bonds is 8. The van der Waals surface area contributed by atoms with Crippen LogP contribution < -0.4 is 5.32 Å².